The summed E-state index contributed by atoms with van der Waals surface area (Å²) in [5, 5.41) is 0. The maximum Gasteiger partial charge on any atom is 0.338 e. The van der Waals surface area contributed by atoms with Crippen molar-refractivity contribution in [1.82, 2.24) is 9.36 Å². The molecule has 3 rings (SSSR count). The Morgan fingerprint density at radius 1 is 0.968 bits per heavy atom. The Morgan fingerprint density at radius 2 is 1.61 bits per heavy atom. The van der Waals surface area contributed by atoms with Gasteiger partial charge in [0.15, 0.2) is 17.6 Å². The number of ketones is 1. The van der Waals surface area contributed by atoms with Gasteiger partial charge in [-0.1, -0.05) is 18.2 Å². The highest BCUT2D eigenvalue weighted by Crippen LogP contribution is 2.28. The zero-order valence-electron chi connectivity index (χ0n) is 18.0. The van der Waals surface area contributed by atoms with Crippen molar-refractivity contribution in [1.29, 1.82) is 0 Å². The van der Waals surface area contributed by atoms with Crippen LogP contribution in [0, 0.1) is 6.92 Å². The smallest absolute Gasteiger partial charge is 0.338 e. The predicted molar refractivity (Wildman–Crippen MR) is 115 cm³/mol. The molecule has 3 aromatic rings. The molecule has 0 aliphatic rings. The average Bonchev–Trinajstić information content (AvgIpc) is 3.01. The highest BCUT2D eigenvalue weighted by molar-refractivity contribution is 6.02. The van der Waals surface area contributed by atoms with Gasteiger partial charge in [0.2, 0.25) is 5.78 Å². The van der Waals surface area contributed by atoms with Crippen molar-refractivity contribution < 1.29 is 23.8 Å². The van der Waals surface area contributed by atoms with Crippen molar-refractivity contribution >= 4 is 11.8 Å². The van der Waals surface area contributed by atoms with E-state index in [-0.39, 0.29) is 11.1 Å². The molecule has 31 heavy (non-hydrogen) atoms. The van der Waals surface area contributed by atoms with Gasteiger partial charge < -0.3 is 14.2 Å². The second kappa shape index (κ2) is 8.91. The van der Waals surface area contributed by atoms with Crippen molar-refractivity contribution in [3.8, 4) is 17.2 Å². The van der Waals surface area contributed by atoms with Crippen LogP contribution in [0.1, 0.15) is 33.3 Å². The van der Waals surface area contributed by atoms with E-state index < -0.39 is 23.4 Å². The number of methoxy groups -OCH3 is 2. The van der Waals surface area contributed by atoms with Crippen LogP contribution in [-0.2, 0) is 11.8 Å². The Balaban J connectivity index is 1.87. The van der Waals surface area contributed by atoms with Crippen LogP contribution in [0.3, 0.4) is 0 Å². The molecule has 8 heteroatoms. The van der Waals surface area contributed by atoms with E-state index in [1.807, 2.05) is 6.07 Å². The summed E-state index contributed by atoms with van der Waals surface area (Å²) in [5.74, 6) is -0.453. The van der Waals surface area contributed by atoms with Gasteiger partial charge in [-0.25, -0.2) is 9.48 Å². The third kappa shape index (κ3) is 4.09. The van der Waals surface area contributed by atoms with Crippen LogP contribution in [0.5, 0.6) is 11.5 Å². The molecule has 0 bridgehead atoms. The molecule has 0 aliphatic carbocycles. The van der Waals surface area contributed by atoms with Crippen LogP contribution in [-0.4, -0.2) is 41.4 Å². The van der Waals surface area contributed by atoms with E-state index in [9.17, 15) is 14.4 Å². The number of benzene rings is 2. The Bertz CT molecular complexity index is 1180. The number of esters is 1. The van der Waals surface area contributed by atoms with Gasteiger partial charge in [0.1, 0.15) is 5.56 Å². The van der Waals surface area contributed by atoms with Gasteiger partial charge in [0.25, 0.3) is 5.56 Å². The van der Waals surface area contributed by atoms with Gasteiger partial charge in [-0.05, 0) is 44.2 Å². The minimum absolute atomic E-state index is 0.0148. The minimum atomic E-state index is -1.15. The molecule has 1 unspecified atom stereocenters. The summed E-state index contributed by atoms with van der Waals surface area (Å²) in [4.78, 5) is 38.6. The Morgan fingerprint density at radius 3 is 2.23 bits per heavy atom. The molecule has 2 aromatic carbocycles. The monoisotopic (exact) mass is 424 g/mol. The van der Waals surface area contributed by atoms with Gasteiger partial charge >= 0.3 is 5.97 Å². The molecule has 0 amide bonds. The number of nitrogens with zero attached hydrogens (tertiary/aromatic N) is 2. The molecule has 0 radical (unpaired) electrons. The molecule has 8 nitrogen and oxygen atoms in total. The van der Waals surface area contributed by atoms with Gasteiger partial charge in [0.05, 0.1) is 25.5 Å². The van der Waals surface area contributed by atoms with Crippen molar-refractivity contribution in [2.45, 2.75) is 20.0 Å². The van der Waals surface area contributed by atoms with E-state index in [1.54, 1.807) is 49.0 Å². The summed E-state index contributed by atoms with van der Waals surface area (Å²) in [6.45, 7) is 3.12. The van der Waals surface area contributed by atoms with Crippen molar-refractivity contribution in [3.63, 3.8) is 0 Å². The summed E-state index contributed by atoms with van der Waals surface area (Å²) in [6, 6.07) is 13.5. The normalized spacial score (nSPS) is 11.6. The minimum Gasteiger partial charge on any atom is -0.493 e. The van der Waals surface area contributed by atoms with Crippen LogP contribution >= 0.6 is 0 Å². The largest absolute Gasteiger partial charge is 0.493 e. The Hall–Kier alpha value is -3.81. The fourth-order valence-corrected chi connectivity index (χ4v) is 3.30. The molecule has 0 aliphatic heterocycles. The highest BCUT2D eigenvalue weighted by atomic mass is 16.5. The third-order valence-corrected chi connectivity index (χ3v) is 5.07. The zero-order chi connectivity index (χ0) is 22.7. The molecule has 0 saturated heterocycles. The molecular formula is C23H24N2O6. The van der Waals surface area contributed by atoms with Crippen LogP contribution in [0.4, 0.5) is 0 Å². The number of rotatable bonds is 7. The Kier molecular flexibility index (Phi) is 6.29. The highest BCUT2D eigenvalue weighted by Gasteiger charge is 2.28. The quantitative estimate of drug-likeness (QED) is 0.428. The molecule has 0 saturated carbocycles. The van der Waals surface area contributed by atoms with E-state index in [1.165, 1.54) is 38.0 Å². The zero-order valence-corrected chi connectivity index (χ0v) is 18.0. The summed E-state index contributed by atoms with van der Waals surface area (Å²) in [7, 11) is 4.64. The number of carbonyl (C=O) groups is 2. The summed E-state index contributed by atoms with van der Waals surface area (Å²) in [6.07, 6.45) is -1.15. The first-order valence-corrected chi connectivity index (χ1v) is 9.61. The topological polar surface area (TPSA) is 88.8 Å². The van der Waals surface area contributed by atoms with Crippen molar-refractivity contribution in [3.05, 3.63) is 75.7 Å². The molecule has 1 heterocycles. The van der Waals surface area contributed by atoms with Gasteiger partial charge in [-0.3, -0.25) is 14.3 Å². The SMILES string of the molecule is COc1ccc(C(=O)OC(C)C(=O)c2c(C)n(C)n(-c3ccccc3)c2=O)cc1OC. The number of para-hydroxylation sites is 1. The lowest BCUT2D eigenvalue weighted by molar-refractivity contribution is 0.0317. The molecule has 0 N–H and O–H groups in total. The Labute approximate surface area is 179 Å². The lowest BCUT2D eigenvalue weighted by atomic mass is 10.1. The second-order valence-corrected chi connectivity index (χ2v) is 6.92. The summed E-state index contributed by atoms with van der Waals surface area (Å²) in [5.41, 5.74) is 0.827. The predicted octanol–water partition coefficient (Wildman–Crippen LogP) is 2.93. The average molecular weight is 424 g/mol. The first-order valence-electron chi connectivity index (χ1n) is 9.61. The van der Waals surface area contributed by atoms with Crippen LogP contribution in [0.25, 0.3) is 5.69 Å². The lowest BCUT2D eigenvalue weighted by Gasteiger charge is -2.13. The van der Waals surface area contributed by atoms with E-state index >= 15 is 0 Å². The number of ether oxygens (including phenoxy) is 3. The van der Waals surface area contributed by atoms with Crippen LogP contribution in [0.15, 0.2) is 53.3 Å². The van der Waals surface area contributed by atoms with Gasteiger partial charge in [-0.2, -0.15) is 0 Å². The third-order valence-electron chi connectivity index (χ3n) is 5.07. The van der Waals surface area contributed by atoms with E-state index in [2.05, 4.69) is 0 Å². The molecule has 0 fully saturated rings. The first-order chi connectivity index (χ1) is 14.8. The van der Waals surface area contributed by atoms with Crippen molar-refractivity contribution in [2.24, 2.45) is 7.05 Å². The van der Waals surface area contributed by atoms with Crippen LogP contribution in [0.2, 0.25) is 0 Å². The van der Waals surface area contributed by atoms with E-state index in [0.29, 0.717) is 22.9 Å². The summed E-state index contributed by atoms with van der Waals surface area (Å²) >= 11 is 0. The van der Waals surface area contributed by atoms with Gasteiger partial charge in [0, 0.05) is 12.7 Å². The number of hydrogen-bond donors (Lipinski definition) is 0. The molecule has 1 atom stereocenters. The van der Waals surface area contributed by atoms with Gasteiger partial charge in [-0.15, -0.1) is 0 Å². The molecule has 1 aromatic heterocycles. The van der Waals surface area contributed by atoms with E-state index in [0.717, 1.165) is 0 Å². The maximum atomic E-state index is 13.0. The van der Waals surface area contributed by atoms with Crippen molar-refractivity contribution in [2.75, 3.05) is 14.2 Å². The number of hydrogen-bond acceptors (Lipinski definition) is 6. The molecule has 162 valence electrons. The number of carbonyl (C=O) groups excluding carboxylic acids is 2. The fourth-order valence-electron chi connectivity index (χ4n) is 3.30. The van der Waals surface area contributed by atoms with E-state index in [4.69, 9.17) is 14.2 Å². The fraction of sp³-hybridized carbons (Fsp3) is 0.261. The first kappa shape index (κ1) is 21.9. The van der Waals surface area contributed by atoms with Crippen LogP contribution < -0.4 is 15.0 Å². The number of aromatic nitrogens is 2. The second-order valence-electron chi connectivity index (χ2n) is 6.92. The maximum absolute atomic E-state index is 13.0. The molecule has 0 spiro atoms. The lowest BCUT2D eigenvalue weighted by Crippen LogP contribution is -2.30. The number of Topliss-reactive ketones (excluding diaryl/α,β-unsaturated/α-hetero) is 1. The molecular weight excluding hydrogens is 400 g/mol. The summed E-state index contributed by atoms with van der Waals surface area (Å²) < 4.78 is 18.7. The standard InChI is InChI=1S/C23H24N2O6/c1-14-20(22(27)25(24(14)3)17-9-7-6-8-10-17)21(26)15(2)31-23(28)16-11-12-18(29-4)19(13-16)30-5/h6-13,15H,1-5H3.